The molecule has 0 radical (unpaired) electrons. The van der Waals surface area contributed by atoms with Crippen molar-refractivity contribution < 1.29 is 4.79 Å². The van der Waals surface area contributed by atoms with Crippen molar-refractivity contribution in [2.75, 3.05) is 17.3 Å². The zero-order chi connectivity index (χ0) is 19.2. The van der Waals surface area contributed by atoms with Crippen molar-refractivity contribution in [3.05, 3.63) is 54.6 Å². The summed E-state index contributed by atoms with van der Waals surface area (Å²) < 4.78 is 1.96. The molecule has 7 heteroatoms. The van der Waals surface area contributed by atoms with Crippen LogP contribution in [0.4, 0.5) is 5.69 Å². The topological polar surface area (TPSA) is 75.6 Å². The van der Waals surface area contributed by atoms with E-state index in [0.717, 1.165) is 29.2 Å². The highest BCUT2D eigenvalue weighted by Gasteiger charge is 2.19. The lowest BCUT2D eigenvalue weighted by Crippen LogP contribution is -2.25. The van der Waals surface area contributed by atoms with E-state index in [1.54, 1.807) is 11.8 Å². The third-order valence-corrected chi connectivity index (χ3v) is 4.99. The van der Waals surface area contributed by atoms with Crippen molar-refractivity contribution in [2.24, 2.45) is 0 Å². The second-order valence-electron chi connectivity index (χ2n) is 6.69. The number of nitrogens with one attached hydrogen (secondary N) is 2. The number of amides is 1. The molecular weight excluding hydrogens is 358 g/mol. The fraction of sp³-hybridized carbons (Fsp3) is 0.350. The van der Waals surface area contributed by atoms with Crippen LogP contribution in [0.25, 0.3) is 11.4 Å². The van der Waals surface area contributed by atoms with Crippen molar-refractivity contribution in [1.82, 2.24) is 19.7 Å². The Balaban J connectivity index is 1.70. The number of rotatable bonds is 8. The molecule has 2 aromatic heterocycles. The molecule has 3 aromatic rings. The monoisotopic (exact) mass is 383 g/mol. The van der Waals surface area contributed by atoms with Crippen LogP contribution in [0.3, 0.4) is 0 Å². The highest BCUT2D eigenvalue weighted by atomic mass is 32.2. The van der Waals surface area contributed by atoms with Crippen molar-refractivity contribution in [3.8, 4) is 11.4 Å². The van der Waals surface area contributed by atoms with Crippen molar-refractivity contribution >= 4 is 23.4 Å². The summed E-state index contributed by atoms with van der Waals surface area (Å²) in [4.78, 5) is 17.3. The van der Waals surface area contributed by atoms with Crippen LogP contribution < -0.4 is 5.32 Å². The Hall–Kier alpha value is -2.54. The summed E-state index contributed by atoms with van der Waals surface area (Å²) in [7, 11) is 0. The van der Waals surface area contributed by atoms with Crippen molar-refractivity contribution in [1.29, 1.82) is 0 Å². The van der Waals surface area contributed by atoms with Crippen LogP contribution in [0.5, 0.6) is 0 Å². The van der Waals surface area contributed by atoms with E-state index in [4.69, 9.17) is 0 Å². The van der Waals surface area contributed by atoms with Gasteiger partial charge in [-0.05, 0) is 54.8 Å². The molecule has 0 aliphatic heterocycles. The van der Waals surface area contributed by atoms with Gasteiger partial charge in [-0.3, -0.25) is 9.89 Å². The fourth-order valence-electron chi connectivity index (χ4n) is 2.79. The Bertz CT molecular complexity index is 855. The molecule has 0 saturated heterocycles. The number of aromatic amines is 1. The van der Waals surface area contributed by atoms with Gasteiger partial charge in [0, 0.05) is 29.6 Å². The summed E-state index contributed by atoms with van der Waals surface area (Å²) >= 11 is 1.74. The van der Waals surface area contributed by atoms with E-state index in [1.807, 2.05) is 53.4 Å². The number of aromatic nitrogens is 4. The molecule has 1 aromatic carbocycles. The molecular formula is C20H25N5OS. The van der Waals surface area contributed by atoms with Crippen LogP contribution in [0, 0.1) is 0 Å². The minimum atomic E-state index is -0.214. The van der Waals surface area contributed by atoms with Gasteiger partial charge in [-0.2, -0.15) is 16.9 Å². The molecule has 2 heterocycles. The summed E-state index contributed by atoms with van der Waals surface area (Å²) in [5.41, 5.74) is 1.69. The molecule has 1 amide bonds. The smallest absolute Gasteiger partial charge is 0.247 e. The zero-order valence-corrected chi connectivity index (χ0v) is 16.7. The Morgan fingerprint density at radius 2 is 1.93 bits per heavy atom. The van der Waals surface area contributed by atoms with Crippen LogP contribution in [0.15, 0.2) is 48.8 Å². The third-order valence-electron chi connectivity index (χ3n) is 4.35. The lowest BCUT2D eigenvalue weighted by molar-refractivity contribution is -0.119. The molecule has 0 spiro atoms. The third kappa shape index (κ3) is 4.80. The summed E-state index contributed by atoms with van der Waals surface area (Å²) in [6.07, 6.45) is 6.71. The molecule has 0 aliphatic carbocycles. The molecule has 0 fully saturated rings. The van der Waals surface area contributed by atoms with E-state index in [0.29, 0.717) is 11.7 Å². The average molecular weight is 384 g/mol. The van der Waals surface area contributed by atoms with E-state index in [2.05, 4.69) is 40.6 Å². The number of carbonyl (C=O) groups is 1. The van der Waals surface area contributed by atoms with Gasteiger partial charge in [-0.15, -0.1) is 0 Å². The normalized spacial score (nSPS) is 12.3. The molecule has 0 unspecified atom stereocenters. The van der Waals surface area contributed by atoms with Gasteiger partial charge in [-0.1, -0.05) is 13.8 Å². The van der Waals surface area contributed by atoms with Crippen molar-refractivity contribution in [2.45, 2.75) is 32.2 Å². The number of carbonyl (C=O) groups excluding carboxylic acids is 1. The molecule has 142 valence electrons. The lowest BCUT2D eigenvalue weighted by Gasteiger charge is -2.18. The lowest BCUT2D eigenvalue weighted by atomic mass is 10.1. The average Bonchev–Trinajstić information content (AvgIpc) is 3.35. The van der Waals surface area contributed by atoms with E-state index < -0.39 is 0 Å². The first-order valence-corrected chi connectivity index (χ1v) is 10.4. The number of nitrogens with zero attached hydrogens (tertiary/aromatic N) is 3. The maximum absolute atomic E-state index is 12.8. The molecule has 27 heavy (non-hydrogen) atoms. The van der Waals surface area contributed by atoms with E-state index in [-0.39, 0.29) is 11.9 Å². The first kappa shape index (κ1) is 19.2. The molecule has 0 bridgehead atoms. The Labute approximate surface area is 163 Å². The van der Waals surface area contributed by atoms with Gasteiger partial charge < -0.3 is 9.88 Å². The molecule has 1 atom stereocenters. The highest BCUT2D eigenvalue weighted by molar-refractivity contribution is 7.98. The molecule has 0 saturated carbocycles. The van der Waals surface area contributed by atoms with Crippen LogP contribution in [0.2, 0.25) is 0 Å². The van der Waals surface area contributed by atoms with E-state index in [9.17, 15) is 4.79 Å². The van der Waals surface area contributed by atoms with Gasteiger partial charge in [0.2, 0.25) is 5.91 Å². The fourth-order valence-corrected chi connectivity index (χ4v) is 3.25. The first-order valence-electron chi connectivity index (χ1n) is 9.03. The molecule has 0 aliphatic rings. The van der Waals surface area contributed by atoms with Crippen LogP contribution in [-0.2, 0) is 4.79 Å². The number of thioether (sulfide) groups is 1. The Morgan fingerprint density at radius 1 is 1.22 bits per heavy atom. The van der Waals surface area contributed by atoms with Gasteiger partial charge in [0.1, 0.15) is 11.9 Å². The quantitative estimate of drug-likeness (QED) is 0.607. The number of H-pyrrole nitrogens is 1. The second kappa shape index (κ2) is 8.90. The SMILES string of the molecule is CSCC[C@H](C(=O)Nc1ccc(-c2n[nH]c(C(C)C)n2)cc1)n1cccc1. The van der Waals surface area contributed by atoms with E-state index in [1.165, 1.54) is 0 Å². The van der Waals surface area contributed by atoms with Gasteiger partial charge >= 0.3 is 0 Å². The van der Waals surface area contributed by atoms with Gasteiger partial charge in [0.05, 0.1) is 0 Å². The summed E-state index contributed by atoms with van der Waals surface area (Å²) in [5, 5.41) is 10.3. The Morgan fingerprint density at radius 3 is 2.52 bits per heavy atom. The second-order valence-corrected chi connectivity index (χ2v) is 7.68. The molecule has 3 rings (SSSR count). The van der Waals surface area contributed by atoms with Crippen molar-refractivity contribution in [3.63, 3.8) is 0 Å². The highest BCUT2D eigenvalue weighted by Crippen LogP contribution is 2.22. The van der Waals surface area contributed by atoms with Gasteiger partial charge in [0.15, 0.2) is 5.82 Å². The van der Waals surface area contributed by atoms with Crippen LogP contribution >= 0.6 is 11.8 Å². The number of benzene rings is 1. The van der Waals surface area contributed by atoms with E-state index >= 15 is 0 Å². The summed E-state index contributed by atoms with van der Waals surface area (Å²) in [6, 6.07) is 11.3. The minimum absolute atomic E-state index is 0.00649. The largest absolute Gasteiger partial charge is 0.342 e. The maximum Gasteiger partial charge on any atom is 0.247 e. The van der Waals surface area contributed by atoms with Gasteiger partial charge in [0.25, 0.3) is 0 Å². The molecule has 6 nitrogen and oxygen atoms in total. The van der Waals surface area contributed by atoms with Crippen LogP contribution in [-0.4, -0.2) is 37.7 Å². The summed E-state index contributed by atoms with van der Waals surface area (Å²) in [5.74, 6) is 2.76. The number of hydrogen-bond donors (Lipinski definition) is 2. The maximum atomic E-state index is 12.8. The van der Waals surface area contributed by atoms with Crippen LogP contribution in [0.1, 0.15) is 38.1 Å². The minimum Gasteiger partial charge on any atom is -0.342 e. The predicted molar refractivity (Wildman–Crippen MR) is 111 cm³/mol. The number of hydrogen-bond acceptors (Lipinski definition) is 4. The Kier molecular flexibility index (Phi) is 6.34. The first-order chi connectivity index (χ1) is 13.1. The number of anilines is 1. The molecule has 2 N–H and O–H groups in total. The van der Waals surface area contributed by atoms with Gasteiger partial charge in [-0.25, -0.2) is 4.98 Å². The predicted octanol–water partition coefficient (Wildman–Crippen LogP) is 4.33. The standard InChI is InChI=1S/C20H25N5OS/c1-14(2)18-22-19(24-23-18)15-6-8-16(9-7-15)21-20(26)17(10-13-27-3)25-11-4-5-12-25/h4-9,11-12,14,17H,10,13H2,1-3H3,(H,21,26)(H,22,23,24)/t17-/m1/s1. The summed E-state index contributed by atoms with van der Waals surface area (Å²) in [6.45, 7) is 4.14. The zero-order valence-electron chi connectivity index (χ0n) is 15.8.